The maximum atomic E-state index is 12.4. The standard InChI is InChI=1S/C18H21N5O/c24-18(2-1-17-20-7-8-21-17)23-9-4-13(5-10-23)15-11-22-16-12-19-6-3-14(15)16/h3,6-8,11-13,22H,1-2,4-5,9-10H2,(H,20,21). The molecular formula is C18H21N5O. The summed E-state index contributed by atoms with van der Waals surface area (Å²) < 4.78 is 0. The molecule has 3 aromatic rings. The van der Waals surface area contributed by atoms with Crippen molar-refractivity contribution in [1.29, 1.82) is 0 Å². The number of aryl methyl sites for hydroxylation is 1. The number of hydrogen-bond acceptors (Lipinski definition) is 3. The number of aromatic nitrogens is 4. The van der Waals surface area contributed by atoms with E-state index in [9.17, 15) is 4.79 Å². The number of likely N-dealkylation sites (tertiary alicyclic amines) is 1. The smallest absolute Gasteiger partial charge is 0.223 e. The van der Waals surface area contributed by atoms with Crippen LogP contribution < -0.4 is 0 Å². The van der Waals surface area contributed by atoms with Gasteiger partial charge in [0.25, 0.3) is 0 Å². The molecule has 124 valence electrons. The summed E-state index contributed by atoms with van der Waals surface area (Å²) in [4.78, 5) is 29.0. The van der Waals surface area contributed by atoms with Gasteiger partial charge in [-0.3, -0.25) is 9.78 Å². The number of amides is 1. The van der Waals surface area contributed by atoms with E-state index in [1.807, 2.05) is 17.3 Å². The summed E-state index contributed by atoms with van der Waals surface area (Å²) in [5.74, 6) is 1.62. The lowest BCUT2D eigenvalue weighted by atomic mass is 9.89. The van der Waals surface area contributed by atoms with Gasteiger partial charge in [0, 0.05) is 56.1 Å². The normalized spacial score (nSPS) is 15.9. The van der Waals surface area contributed by atoms with Crippen LogP contribution in [-0.2, 0) is 11.2 Å². The van der Waals surface area contributed by atoms with Crippen LogP contribution in [0.15, 0.2) is 37.1 Å². The number of pyridine rings is 1. The Morgan fingerprint density at radius 2 is 2.12 bits per heavy atom. The summed E-state index contributed by atoms with van der Waals surface area (Å²) in [6.07, 6.45) is 12.6. The van der Waals surface area contributed by atoms with Gasteiger partial charge in [-0.05, 0) is 30.4 Å². The Kier molecular flexibility index (Phi) is 4.02. The predicted molar refractivity (Wildman–Crippen MR) is 91.6 cm³/mol. The summed E-state index contributed by atoms with van der Waals surface area (Å²) in [6, 6.07) is 2.07. The molecule has 1 fully saturated rings. The van der Waals surface area contributed by atoms with Crippen LogP contribution in [0, 0.1) is 0 Å². The Labute approximate surface area is 140 Å². The number of imidazole rings is 1. The molecule has 0 radical (unpaired) electrons. The van der Waals surface area contributed by atoms with E-state index >= 15 is 0 Å². The van der Waals surface area contributed by atoms with Crippen LogP contribution in [0.1, 0.15) is 36.6 Å². The van der Waals surface area contributed by atoms with Crippen molar-refractivity contribution in [3.63, 3.8) is 0 Å². The first-order valence-corrected chi connectivity index (χ1v) is 8.48. The van der Waals surface area contributed by atoms with E-state index in [1.165, 1.54) is 10.9 Å². The van der Waals surface area contributed by atoms with E-state index in [4.69, 9.17) is 0 Å². The maximum Gasteiger partial charge on any atom is 0.223 e. The first-order valence-electron chi connectivity index (χ1n) is 8.48. The number of nitrogens with one attached hydrogen (secondary N) is 2. The van der Waals surface area contributed by atoms with Gasteiger partial charge in [0.15, 0.2) is 0 Å². The van der Waals surface area contributed by atoms with E-state index in [-0.39, 0.29) is 5.91 Å². The number of carbonyl (C=O) groups excluding carboxylic acids is 1. The second-order valence-electron chi connectivity index (χ2n) is 6.36. The van der Waals surface area contributed by atoms with E-state index in [0.717, 1.165) is 37.3 Å². The third-order valence-electron chi connectivity index (χ3n) is 4.93. The van der Waals surface area contributed by atoms with Gasteiger partial charge in [0.1, 0.15) is 5.82 Å². The number of fused-ring (bicyclic) bond motifs is 1. The molecule has 1 aliphatic heterocycles. The molecule has 6 heteroatoms. The Morgan fingerprint density at radius 3 is 2.92 bits per heavy atom. The van der Waals surface area contributed by atoms with E-state index in [2.05, 4.69) is 32.2 Å². The zero-order valence-electron chi connectivity index (χ0n) is 13.5. The van der Waals surface area contributed by atoms with Crippen molar-refractivity contribution < 1.29 is 4.79 Å². The van der Waals surface area contributed by atoms with Gasteiger partial charge >= 0.3 is 0 Å². The first-order chi connectivity index (χ1) is 11.8. The van der Waals surface area contributed by atoms with Crippen LogP contribution in [-0.4, -0.2) is 43.8 Å². The van der Waals surface area contributed by atoms with Crippen LogP contribution in [0.4, 0.5) is 0 Å². The third kappa shape index (κ3) is 2.91. The van der Waals surface area contributed by atoms with Crippen molar-refractivity contribution in [3.8, 4) is 0 Å². The molecule has 4 rings (SSSR count). The average Bonchev–Trinajstić information content (AvgIpc) is 3.29. The fraction of sp³-hybridized carbons (Fsp3) is 0.389. The van der Waals surface area contributed by atoms with Crippen LogP contribution >= 0.6 is 0 Å². The molecule has 24 heavy (non-hydrogen) atoms. The summed E-state index contributed by atoms with van der Waals surface area (Å²) in [5.41, 5.74) is 2.44. The van der Waals surface area contributed by atoms with Gasteiger partial charge in [-0.1, -0.05) is 0 Å². The van der Waals surface area contributed by atoms with Crippen molar-refractivity contribution in [2.75, 3.05) is 13.1 Å². The van der Waals surface area contributed by atoms with Gasteiger partial charge in [-0.2, -0.15) is 0 Å². The summed E-state index contributed by atoms with van der Waals surface area (Å²) in [7, 11) is 0. The number of aromatic amines is 2. The fourth-order valence-electron chi connectivity index (χ4n) is 3.59. The Balaban J connectivity index is 1.35. The highest BCUT2D eigenvalue weighted by atomic mass is 16.2. The Hall–Kier alpha value is -2.63. The lowest BCUT2D eigenvalue weighted by molar-refractivity contribution is -0.132. The molecule has 0 aliphatic carbocycles. The van der Waals surface area contributed by atoms with Crippen molar-refractivity contribution in [1.82, 2.24) is 24.8 Å². The summed E-state index contributed by atoms with van der Waals surface area (Å²) >= 11 is 0. The fourth-order valence-corrected chi connectivity index (χ4v) is 3.59. The highest BCUT2D eigenvalue weighted by molar-refractivity contribution is 5.83. The topological polar surface area (TPSA) is 77.7 Å². The maximum absolute atomic E-state index is 12.4. The van der Waals surface area contributed by atoms with E-state index < -0.39 is 0 Å². The van der Waals surface area contributed by atoms with Crippen molar-refractivity contribution in [2.24, 2.45) is 0 Å². The lowest BCUT2D eigenvalue weighted by Crippen LogP contribution is -2.38. The molecule has 0 unspecified atom stereocenters. The molecule has 1 amide bonds. The predicted octanol–water partition coefficient (Wildman–Crippen LogP) is 2.62. The molecule has 1 aliphatic rings. The number of hydrogen-bond donors (Lipinski definition) is 2. The molecule has 1 saturated heterocycles. The number of carbonyl (C=O) groups is 1. The highest BCUT2D eigenvalue weighted by Crippen LogP contribution is 2.32. The summed E-state index contributed by atoms with van der Waals surface area (Å²) in [6.45, 7) is 1.67. The largest absolute Gasteiger partial charge is 0.360 e. The van der Waals surface area contributed by atoms with Crippen LogP contribution in [0.2, 0.25) is 0 Å². The second kappa shape index (κ2) is 6.47. The molecule has 0 atom stereocenters. The number of piperidine rings is 1. The zero-order valence-corrected chi connectivity index (χ0v) is 13.5. The van der Waals surface area contributed by atoms with Crippen LogP contribution in [0.25, 0.3) is 10.9 Å². The van der Waals surface area contributed by atoms with Gasteiger partial charge in [0.05, 0.1) is 11.7 Å². The second-order valence-corrected chi connectivity index (χ2v) is 6.36. The number of H-pyrrole nitrogens is 2. The molecule has 0 spiro atoms. The van der Waals surface area contributed by atoms with Crippen molar-refractivity contribution >= 4 is 16.8 Å². The molecule has 3 aromatic heterocycles. The van der Waals surface area contributed by atoms with Crippen molar-refractivity contribution in [2.45, 2.75) is 31.6 Å². The molecule has 0 aromatic carbocycles. The SMILES string of the molecule is O=C(CCc1ncc[nH]1)N1CCC(c2c[nH]c3cnccc23)CC1. The summed E-state index contributed by atoms with van der Waals surface area (Å²) in [5, 5.41) is 1.26. The minimum atomic E-state index is 0.230. The molecule has 6 nitrogen and oxygen atoms in total. The quantitative estimate of drug-likeness (QED) is 0.775. The molecule has 0 saturated carbocycles. The van der Waals surface area contributed by atoms with Crippen LogP contribution in [0.3, 0.4) is 0 Å². The Morgan fingerprint density at radius 1 is 1.25 bits per heavy atom. The zero-order chi connectivity index (χ0) is 16.4. The molecule has 2 N–H and O–H groups in total. The minimum absolute atomic E-state index is 0.230. The highest BCUT2D eigenvalue weighted by Gasteiger charge is 2.25. The van der Waals surface area contributed by atoms with Gasteiger partial charge in [-0.15, -0.1) is 0 Å². The average molecular weight is 323 g/mol. The van der Waals surface area contributed by atoms with Gasteiger partial charge in [0.2, 0.25) is 5.91 Å². The minimum Gasteiger partial charge on any atom is -0.360 e. The van der Waals surface area contributed by atoms with Crippen molar-refractivity contribution in [3.05, 3.63) is 48.4 Å². The van der Waals surface area contributed by atoms with E-state index in [1.54, 1.807) is 12.4 Å². The monoisotopic (exact) mass is 323 g/mol. The van der Waals surface area contributed by atoms with Crippen LogP contribution in [0.5, 0.6) is 0 Å². The Bertz CT molecular complexity index is 815. The number of nitrogens with zero attached hydrogens (tertiary/aromatic N) is 3. The molecule has 0 bridgehead atoms. The first kappa shape index (κ1) is 14.9. The molecular weight excluding hydrogens is 302 g/mol. The van der Waals surface area contributed by atoms with Gasteiger partial charge in [-0.25, -0.2) is 4.98 Å². The third-order valence-corrected chi connectivity index (χ3v) is 4.93. The molecule has 4 heterocycles. The van der Waals surface area contributed by atoms with E-state index in [0.29, 0.717) is 18.8 Å². The lowest BCUT2D eigenvalue weighted by Gasteiger charge is -2.32. The van der Waals surface area contributed by atoms with Gasteiger partial charge < -0.3 is 14.9 Å². The number of rotatable bonds is 4.